The van der Waals surface area contributed by atoms with Crippen molar-refractivity contribution in [1.82, 2.24) is 35.1 Å². The summed E-state index contributed by atoms with van der Waals surface area (Å²) in [6, 6.07) is 16.5. The molecule has 2 aliphatic heterocycles. The number of nitrogens with one attached hydrogen (secondary N) is 2. The van der Waals surface area contributed by atoms with Crippen LogP contribution in [-0.2, 0) is 16.1 Å². The number of benzene rings is 3. The summed E-state index contributed by atoms with van der Waals surface area (Å²) < 4.78 is 22.9. The Morgan fingerprint density at radius 1 is 1.02 bits per heavy atom. The number of likely N-dealkylation sites (tertiary alicyclic amines) is 1. The van der Waals surface area contributed by atoms with E-state index >= 15 is 0 Å². The molecular formula is C32H27ClFN7O4. The molecule has 2 aromatic heterocycles. The van der Waals surface area contributed by atoms with Gasteiger partial charge in [0.2, 0.25) is 11.8 Å². The maximum atomic E-state index is 13.8. The topological polar surface area (TPSA) is 123 Å². The molecular weight excluding hydrogens is 601 g/mol. The number of nitrogens with zero attached hydrogens (tertiary/aromatic N) is 5. The van der Waals surface area contributed by atoms with Gasteiger partial charge in [-0.3, -0.25) is 19.1 Å². The second-order valence-corrected chi connectivity index (χ2v) is 11.4. The van der Waals surface area contributed by atoms with Gasteiger partial charge in [-0.15, -0.1) is 0 Å². The van der Waals surface area contributed by atoms with Crippen molar-refractivity contribution in [1.29, 1.82) is 0 Å². The molecule has 228 valence electrons. The van der Waals surface area contributed by atoms with Gasteiger partial charge in [-0.2, -0.15) is 10.2 Å². The molecule has 2 N–H and O–H groups in total. The highest BCUT2D eigenvalue weighted by molar-refractivity contribution is 6.32. The summed E-state index contributed by atoms with van der Waals surface area (Å²) in [6.45, 7) is 0.549. The molecule has 1 fully saturated rings. The van der Waals surface area contributed by atoms with E-state index in [4.69, 9.17) is 16.3 Å². The molecule has 0 spiro atoms. The average molecular weight is 628 g/mol. The predicted octanol–water partition coefficient (Wildman–Crippen LogP) is 3.59. The van der Waals surface area contributed by atoms with Crippen molar-refractivity contribution in [3.8, 4) is 22.6 Å². The van der Waals surface area contributed by atoms with Crippen molar-refractivity contribution in [2.75, 3.05) is 19.6 Å². The van der Waals surface area contributed by atoms with Gasteiger partial charge in [0.05, 0.1) is 34.5 Å². The third-order valence-electron chi connectivity index (χ3n) is 7.91. The number of rotatable bonds is 2. The summed E-state index contributed by atoms with van der Waals surface area (Å²) in [5, 5.41) is 15.5. The Bertz CT molecular complexity index is 1960. The Balaban J connectivity index is 1.19. The number of hydrogen-bond acceptors (Lipinski definition) is 6. The molecule has 11 nitrogen and oxygen atoms in total. The van der Waals surface area contributed by atoms with E-state index in [1.807, 2.05) is 48.7 Å². The number of aromatic nitrogens is 4. The van der Waals surface area contributed by atoms with Gasteiger partial charge >= 0.3 is 0 Å². The lowest BCUT2D eigenvalue weighted by Gasteiger charge is -2.23. The Hall–Kier alpha value is -5.23. The van der Waals surface area contributed by atoms with E-state index in [0.29, 0.717) is 11.4 Å². The summed E-state index contributed by atoms with van der Waals surface area (Å²) in [5.41, 5.74) is 3.23. The Labute approximate surface area is 261 Å². The molecule has 0 radical (unpaired) electrons. The van der Waals surface area contributed by atoms with Gasteiger partial charge in [0.25, 0.3) is 5.91 Å². The lowest BCUT2D eigenvalue weighted by molar-refractivity contribution is -0.125. The minimum absolute atomic E-state index is 0.0224. The highest BCUT2D eigenvalue weighted by Gasteiger charge is 2.41. The van der Waals surface area contributed by atoms with E-state index in [2.05, 4.69) is 20.8 Å². The van der Waals surface area contributed by atoms with Crippen LogP contribution in [0, 0.1) is 5.82 Å². The predicted molar refractivity (Wildman–Crippen MR) is 164 cm³/mol. The molecule has 0 aliphatic carbocycles. The van der Waals surface area contributed by atoms with E-state index in [0.717, 1.165) is 28.1 Å². The number of amides is 3. The second kappa shape index (κ2) is 11.7. The minimum Gasteiger partial charge on any atom is -0.488 e. The molecule has 45 heavy (non-hydrogen) atoms. The van der Waals surface area contributed by atoms with Crippen LogP contribution in [0.5, 0.6) is 5.75 Å². The van der Waals surface area contributed by atoms with Crippen molar-refractivity contribution in [3.05, 3.63) is 95.7 Å². The highest BCUT2D eigenvalue weighted by atomic mass is 35.5. The molecule has 0 unspecified atom stereocenters. The van der Waals surface area contributed by atoms with Crippen LogP contribution < -0.4 is 15.4 Å². The Morgan fingerprint density at radius 3 is 2.73 bits per heavy atom. The van der Waals surface area contributed by atoms with Crippen molar-refractivity contribution < 1.29 is 23.5 Å². The number of fused-ring (bicyclic) bond motifs is 6. The monoisotopic (exact) mass is 627 g/mol. The summed E-state index contributed by atoms with van der Waals surface area (Å²) >= 11 is 6.20. The zero-order valence-corrected chi connectivity index (χ0v) is 24.6. The molecule has 13 heteroatoms. The SMILES string of the molecule is O=C1Cn2cc3c(cccc3n2)-c2cccc(c2)O[C@H]2C[C@@H](C(=O)NCCN1)N(C(=O)c1cnn(-c3ccc(F)cc3Cl)c1)C2. The largest absolute Gasteiger partial charge is 0.488 e. The molecule has 4 heterocycles. The summed E-state index contributed by atoms with van der Waals surface area (Å²) in [4.78, 5) is 41.3. The highest BCUT2D eigenvalue weighted by Crippen LogP contribution is 2.32. The van der Waals surface area contributed by atoms with E-state index in [9.17, 15) is 18.8 Å². The first kappa shape index (κ1) is 28.5. The number of ether oxygens (including phenoxy) is 1. The Morgan fingerprint density at radius 2 is 1.87 bits per heavy atom. The fraction of sp³-hybridized carbons (Fsp3) is 0.219. The Kier molecular flexibility index (Phi) is 7.42. The molecule has 6 bridgehead atoms. The van der Waals surface area contributed by atoms with Gasteiger partial charge in [0, 0.05) is 37.3 Å². The molecule has 3 aromatic carbocycles. The molecule has 2 aliphatic rings. The van der Waals surface area contributed by atoms with Crippen molar-refractivity contribution in [3.63, 3.8) is 0 Å². The van der Waals surface area contributed by atoms with Gasteiger partial charge in [0.15, 0.2) is 0 Å². The van der Waals surface area contributed by atoms with Gasteiger partial charge in [-0.25, -0.2) is 9.07 Å². The molecule has 5 aromatic rings. The van der Waals surface area contributed by atoms with Gasteiger partial charge in [0.1, 0.15) is 30.3 Å². The van der Waals surface area contributed by atoms with E-state index in [1.165, 1.54) is 34.1 Å². The lowest BCUT2D eigenvalue weighted by Crippen LogP contribution is -2.47. The smallest absolute Gasteiger partial charge is 0.257 e. The van der Waals surface area contributed by atoms with E-state index in [-0.39, 0.29) is 55.0 Å². The van der Waals surface area contributed by atoms with E-state index < -0.39 is 23.9 Å². The number of hydrogen-bond donors (Lipinski definition) is 2. The number of carbonyl (C=O) groups excluding carboxylic acids is 3. The number of carbonyl (C=O) groups is 3. The van der Waals surface area contributed by atoms with Gasteiger partial charge in [-0.1, -0.05) is 35.9 Å². The lowest BCUT2D eigenvalue weighted by atomic mass is 10.0. The molecule has 1 saturated heterocycles. The van der Waals surface area contributed by atoms with Crippen LogP contribution in [0.25, 0.3) is 27.7 Å². The van der Waals surface area contributed by atoms with Crippen LogP contribution in [-0.4, -0.2) is 74.0 Å². The second-order valence-electron chi connectivity index (χ2n) is 11.0. The van der Waals surface area contributed by atoms with E-state index in [1.54, 1.807) is 4.68 Å². The first-order valence-electron chi connectivity index (χ1n) is 14.4. The van der Waals surface area contributed by atoms with Crippen LogP contribution in [0.3, 0.4) is 0 Å². The molecule has 0 saturated carbocycles. The van der Waals surface area contributed by atoms with Crippen LogP contribution >= 0.6 is 11.6 Å². The zero-order valence-electron chi connectivity index (χ0n) is 23.8. The summed E-state index contributed by atoms with van der Waals surface area (Å²) in [7, 11) is 0. The maximum Gasteiger partial charge on any atom is 0.257 e. The van der Waals surface area contributed by atoms with Crippen LogP contribution in [0.4, 0.5) is 4.39 Å². The first-order valence-corrected chi connectivity index (χ1v) is 14.8. The van der Waals surface area contributed by atoms with Crippen molar-refractivity contribution in [2.24, 2.45) is 0 Å². The average Bonchev–Trinajstić information content (AvgIpc) is 3.77. The first-order chi connectivity index (χ1) is 21.8. The van der Waals surface area contributed by atoms with Gasteiger partial charge in [-0.05, 0) is 47.5 Å². The quantitative estimate of drug-likeness (QED) is 0.308. The fourth-order valence-corrected chi connectivity index (χ4v) is 6.07. The van der Waals surface area contributed by atoms with Crippen molar-refractivity contribution >= 4 is 40.2 Å². The van der Waals surface area contributed by atoms with Crippen LogP contribution in [0.1, 0.15) is 16.8 Å². The van der Waals surface area contributed by atoms with Gasteiger partial charge < -0.3 is 20.3 Å². The zero-order chi connectivity index (χ0) is 31.1. The maximum absolute atomic E-state index is 13.8. The molecule has 7 rings (SSSR count). The molecule has 2 atom stereocenters. The fourth-order valence-electron chi connectivity index (χ4n) is 5.82. The minimum atomic E-state index is -0.827. The summed E-state index contributed by atoms with van der Waals surface area (Å²) in [5.74, 6) is -0.923. The standard InChI is InChI=1S/C32H27ClFN7O4/c33-26-12-21(34)7-8-28(26)41-15-20(14-37-41)32(44)40-16-23-13-29(40)31(43)36-10-9-35-30(42)18-39-17-25-24(5-2-6-27(25)38-39)19-3-1-4-22(11-19)45-23/h1-8,11-12,14-15,17,23,29H,9-10,13,16,18H2,(H,35,42)(H,36,43)/t23-,29-/m0/s1. The normalized spacial score (nSPS) is 18.7. The number of halogens is 2. The third-order valence-corrected chi connectivity index (χ3v) is 8.21. The third kappa shape index (κ3) is 5.72. The van der Waals surface area contributed by atoms with Crippen molar-refractivity contribution in [2.45, 2.75) is 25.1 Å². The molecule has 3 amide bonds. The summed E-state index contributed by atoms with van der Waals surface area (Å²) in [6.07, 6.45) is 4.51. The van der Waals surface area contributed by atoms with Crippen LogP contribution in [0.15, 0.2) is 79.3 Å². The van der Waals surface area contributed by atoms with Crippen LogP contribution in [0.2, 0.25) is 5.02 Å².